The second-order valence-electron chi connectivity index (χ2n) is 5.06. The first-order chi connectivity index (χ1) is 10.5. The van der Waals surface area contributed by atoms with Gasteiger partial charge in [-0.15, -0.1) is 0 Å². The number of benzene rings is 1. The van der Waals surface area contributed by atoms with E-state index in [0.717, 1.165) is 0 Å². The van der Waals surface area contributed by atoms with Gasteiger partial charge >= 0.3 is 0 Å². The van der Waals surface area contributed by atoms with E-state index in [1.807, 2.05) is 0 Å². The molecule has 0 bridgehead atoms. The Labute approximate surface area is 135 Å². The predicted molar refractivity (Wildman–Crippen MR) is 79.2 cm³/mol. The number of nitrogens with zero attached hydrogens (tertiary/aromatic N) is 1. The molecule has 0 aliphatic heterocycles. The normalized spacial score (nSPS) is 19.8. The Balaban J connectivity index is 1.72. The van der Waals surface area contributed by atoms with Crippen LogP contribution in [0.3, 0.4) is 0 Å². The van der Waals surface area contributed by atoms with Crippen LogP contribution in [0.25, 0.3) is 0 Å². The molecule has 3 rings (SSSR count). The topological polar surface area (TPSA) is 42.0 Å². The SMILES string of the molecule is O=C(NC1CC1c1c(F)cccc1F)c1cc(Cl)nc(Cl)c1. The van der Waals surface area contributed by atoms with Gasteiger partial charge in [0.05, 0.1) is 0 Å². The van der Waals surface area contributed by atoms with Gasteiger partial charge in [-0.25, -0.2) is 13.8 Å². The van der Waals surface area contributed by atoms with Gasteiger partial charge in [-0.1, -0.05) is 29.3 Å². The maximum atomic E-state index is 13.7. The molecule has 2 atom stereocenters. The summed E-state index contributed by atoms with van der Waals surface area (Å²) in [7, 11) is 0. The first kappa shape index (κ1) is 15.2. The highest BCUT2D eigenvalue weighted by atomic mass is 35.5. The number of pyridine rings is 1. The van der Waals surface area contributed by atoms with E-state index in [1.165, 1.54) is 30.3 Å². The molecule has 114 valence electrons. The van der Waals surface area contributed by atoms with E-state index >= 15 is 0 Å². The molecule has 1 saturated carbocycles. The monoisotopic (exact) mass is 342 g/mol. The number of nitrogens with one attached hydrogen (secondary N) is 1. The van der Waals surface area contributed by atoms with Crippen LogP contribution in [0.4, 0.5) is 8.78 Å². The second-order valence-corrected chi connectivity index (χ2v) is 5.83. The van der Waals surface area contributed by atoms with Crippen LogP contribution in [0.2, 0.25) is 10.3 Å². The van der Waals surface area contributed by atoms with Crippen LogP contribution < -0.4 is 5.32 Å². The fourth-order valence-electron chi connectivity index (χ4n) is 2.39. The van der Waals surface area contributed by atoms with Gasteiger partial charge in [-0.05, 0) is 30.7 Å². The van der Waals surface area contributed by atoms with Gasteiger partial charge in [0.1, 0.15) is 21.9 Å². The molecule has 1 fully saturated rings. The molecule has 3 nitrogen and oxygen atoms in total. The fraction of sp³-hybridized carbons (Fsp3) is 0.200. The minimum Gasteiger partial charge on any atom is -0.349 e. The van der Waals surface area contributed by atoms with E-state index in [4.69, 9.17) is 23.2 Å². The average Bonchev–Trinajstić information content (AvgIpc) is 3.16. The molecule has 1 heterocycles. The Morgan fingerprint density at radius 2 is 1.77 bits per heavy atom. The summed E-state index contributed by atoms with van der Waals surface area (Å²) >= 11 is 11.5. The van der Waals surface area contributed by atoms with Crippen molar-refractivity contribution in [1.82, 2.24) is 10.3 Å². The summed E-state index contributed by atoms with van der Waals surface area (Å²) in [6.07, 6.45) is 0.482. The first-order valence-electron chi connectivity index (χ1n) is 6.53. The van der Waals surface area contributed by atoms with Gasteiger partial charge in [0, 0.05) is 23.1 Å². The van der Waals surface area contributed by atoms with Crippen LogP contribution in [-0.4, -0.2) is 16.9 Å². The Bertz CT molecular complexity index is 714. The van der Waals surface area contributed by atoms with E-state index in [9.17, 15) is 13.6 Å². The Morgan fingerprint density at radius 3 is 2.36 bits per heavy atom. The van der Waals surface area contributed by atoms with Crippen LogP contribution in [0, 0.1) is 11.6 Å². The maximum absolute atomic E-state index is 13.7. The first-order valence-corrected chi connectivity index (χ1v) is 7.29. The Morgan fingerprint density at radius 1 is 1.18 bits per heavy atom. The number of hydrogen-bond acceptors (Lipinski definition) is 2. The lowest BCUT2D eigenvalue weighted by Crippen LogP contribution is -2.26. The lowest BCUT2D eigenvalue weighted by Gasteiger charge is -2.07. The van der Waals surface area contributed by atoms with Gasteiger partial charge in [-0.2, -0.15) is 0 Å². The molecule has 7 heteroatoms. The molecule has 1 aromatic heterocycles. The number of halogens is 4. The number of hydrogen-bond donors (Lipinski definition) is 1. The van der Waals surface area contributed by atoms with Crippen molar-refractivity contribution in [3.05, 3.63) is 63.4 Å². The largest absolute Gasteiger partial charge is 0.349 e. The zero-order valence-electron chi connectivity index (χ0n) is 11.1. The summed E-state index contributed by atoms with van der Waals surface area (Å²) in [5.41, 5.74) is 0.267. The third-order valence-corrected chi connectivity index (χ3v) is 3.89. The molecule has 1 aromatic carbocycles. The smallest absolute Gasteiger partial charge is 0.251 e. The highest BCUT2D eigenvalue weighted by Gasteiger charge is 2.42. The molecular weight excluding hydrogens is 333 g/mol. The van der Waals surface area contributed by atoms with Crippen LogP contribution in [-0.2, 0) is 0 Å². The minimum absolute atomic E-state index is 0.0126. The average molecular weight is 343 g/mol. The van der Waals surface area contributed by atoms with Crippen molar-refractivity contribution in [1.29, 1.82) is 0 Å². The quantitative estimate of drug-likeness (QED) is 0.858. The van der Waals surface area contributed by atoms with Gasteiger partial charge in [0.2, 0.25) is 0 Å². The molecule has 1 amide bonds. The standard InChI is InChI=1S/C15H10Cl2F2N2O/c16-12-4-7(5-13(17)21-12)15(22)20-11-6-8(11)14-9(18)2-1-3-10(14)19/h1-5,8,11H,6H2,(H,20,22). The third-order valence-electron chi connectivity index (χ3n) is 3.50. The van der Waals surface area contributed by atoms with E-state index in [0.29, 0.717) is 6.42 Å². The maximum Gasteiger partial charge on any atom is 0.251 e. The van der Waals surface area contributed by atoms with Crippen molar-refractivity contribution >= 4 is 29.1 Å². The Kier molecular flexibility index (Phi) is 4.02. The third kappa shape index (κ3) is 3.05. The highest BCUT2D eigenvalue weighted by Crippen LogP contribution is 2.43. The molecule has 0 spiro atoms. The molecule has 2 unspecified atom stereocenters. The van der Waals surface area contributed by atoms with Gasteiger partial charge in [0.15, 0.2) is 0 Å². The van der Waals surface area contributed by atoms with Crippen molar-refractivity contribution in [2.24, 2.45) is 0 Å². The molecule has 1 N–H and O–H groups in total. The molecule has 22 heavy (non-hydrogen) atoms. The summed E-state index contributed by atoms with van der Waals surface area (Å²) in [5, 5.41) is 2.91. The zero-order valence-corrected chi connectivity index (χ0v) is 12.6. The van der Waals surface area contributed by atoms with Crippen LogP contribution in [0.5, 0.6) is 0 Å². The summed E-state index contributed by atoms with van der Waals surface area (Å²) in [5.74, 6) is -1.97. The highest BCUT2D eigenvalue weighted by molar-refractivity contribution is 6.33. The number of carbonyl (C=O) groups is 1. The lowest BCUT2D eigenvalue weighted by atomic mass is 10.1. The number of carbonyl (C=O) groups excluding carboxylic acids is 1. The summed E-state index contributed by atoms with van der Waals surface area (Å²) in [4.78, 5) is 15.9. The Hall–Kier alpha value is -1.72. The van der Waals surface area contributed by atoms with Crippen LogP contribution in [0.1, 0.15) is 28.3 Å². The number of aromatic nitrogens is 1. The molecule has 1 aliphatic rings. The van der Waals surface area contributed by atoms with Crippen molar-refractivity contribution in [3.8, 4) is 0 Å². The van der Waals surface area contributed by atoms with Crippen LogP contribution in [0.15, 0.2) is 30.3 Å². The van der Waals surface area contributed by atoms with Gasteiger partial charge < -0.3 is 5.32 Å². The molecule has 1 aliphatic carbocycles. The van der Waals surface area contributed by atoms with Crippen molar-refractivity contribution < 1.29 is 13.6 Å². The van der Waals surface area contributed by atoms with E-state index in [2.05, 4.69) is 10.3 Å². The zero-order chi connectivity index (χ0) is 15.9. The predicted octanol–water partition coefficient (Wildman–Crippen LogP) is 3.95. The van der Waals surface area contributed by atoms with E-state index in [-0.39, 0.29) is 33.4 Å². The number of amides is 1. The van der Waals surface area contributed by atoms with Gasteiger partial charge in [0.25, 0.3) is 5.91 Å². The number of rotatable bonds is 3. The van der Waals surface area contributed by atoms with E-state index < -0.39 is 17.5 Å². The minimum atomic E-state index is -0.600. The van der Waals surface area contributed by atoms with Crippen LogP contribution >= 0.6 is 23.2 Å². The molecular formula is C15H10Cl2F2N2O. The van der Waals surface area contributed by atoms with Gasteiger partial charge in [-0.3, -0.25) is 4.79 Å². The van der Waals surface area contributed by atoms with E-state index in [1.54, 1.807) is 0 Å². The van der Waals surface area contributed by atoms with Crippen molar-refractivity contribution in [2.75, 3.05) is 0 Å². The summed E-state index contributed by atoms with van der Waals surface area (Å²) in [6.45, 7) is 0. The second kappa shape index (κ2) is 5.82. The summed E-state index contributed by atoms with van der Waals surface area (Å²) < 4.78 is 27.4. The molecule has 0 radical (unpaired) electrons. The van der Waals surface area contributed by atoms with Crippen molar-refractivity contribution in [2.45, 2.75) is 18.4 Å². The lowest BCUT2D eigenvalue weighted by molar-refractivity contribution is 0.0950. The summed E-state index contributed by atoms with van der Waals surface area (Å²) in [6, 6.07) is 6.17. The van der Waals surface area contributed by atoms with Crippen molar-refractivity contribution in [3.63, 3.8) is 0 Å². The fourth-order valence-corrected chi connectivity index (χ4v) is 2.85. The molecule has 0 saturated heterocycles. The molecule has 2 aromatic rings.